The van der Waals surface area contributed by atoms with Crippen molar-refractivity contribution in [1.82, 2.24) is 5.32 Å². The molecule has 0 spiro atoms. The summed E-state index contributed by atoms with van der Waals surface area (Å²) in [6, 6.07) is 15.1. The molecule has 0 bridgehead atoms. The van der Waals surface area contributed by atoms with Crippen molar-refractivity contribution >= 4 is 23.2 Å². The second-order valence-corrected chi connectivity index (χ2v) is 5.23. The second kappa shape index (κ2) is 6.21. The molecule has 0 aromatic heterocycles. The Balaban J connectivity index is 0.00000162. The summed E-state index contributed by atoms with van der Waals surface area (Å²) in [5.74, 6) is 0. The van der Waals surface area contributed by atoms with Crippen molar-refractivity contribution in [3.8, 4) is 0 Å². The molecule has 2 heteroatoms. The molecule has 0 unspecified atom stereocenters. The predicted octanol–water partition coefficient (Wildman–Crippen LogP) is 4.54. The summed E-state index contributed by atoms with van der Waals surface area (Å²) in [5, 5.41) is 6.29. The number of rotatable bonds is 4. The summed E-state index contributed by atoms with van der Waals surface area (Å²) in [5.41, 5.74) is 1.58. The van der Waals surface area contributed by atoms with Gasteiger partial charge in [-0.1, -0.05) is 49.4 Å². The zero-order valence-corrected chi connectivity index (χ0v) is 12.2. The largest absolute Gasteiger partial charge is 0.308 e. The van der Waals surface area contributed by atoms with Crippen LogP contribution in [0.15, 0.2) is 42.5 Å². The molecule has 0 aliphatic rings. The molecule has 0 saturated heterocycles. The lowest BCUT2D eigenvalue weighted by Crippen LogP contribution is -2.37. The van der Waals surface area contributed by atoms with E-state index >= 15 is 0 Å². The first-order chi connectivity index (χ1) is 8.12. The summed E-state index contributed by atoms with van der Waals surface area (Å²) < 4.78 is 0. The Morgan fingerprint density at radius 3 is 2.39 bits per heavy atom. The van der Waals surface area contributed by atoms with Crippen LogP contribution in [0.25, 0.3) is 10.8 Å². The van der Waals surface area contributed by atoms with Gasteiger partial charge in [-0.2, -0.15) is 0 Å². The van der Waals surface area contributed by atoms with E-state index < -0.39 is 0 Å². The van der Waals surface area contributed by atoms with Crippen LogP contribution in [-0.2, 0) is 6.54 Å². The molecule has 0 aliphatic carbocycles. The predicted molar refractivity (Wildman–Crippen MR) is 82.4 cm³/mol. The van der Waals surface area contributed by atoms with Crippen LogP contribution in [0.2, 0.25) is 0 Å². The fraction of sp³-hybridized carbons (Fsp3) is 0.375. The Kier molecular flexibility index (Phi) is 5.18. The van der Waals surface area contributed by atoms with Gasteiger partial charge in [0.2, 0.25) is 0 Å². The van der Waals surface area contributed by atoms with Gasteiger partial charge < -0.3 is 5.32 Å². The van der Waals surface area contributed by atoms with Crippen molar-refractivity contribution in [2.24, 2.45) is 0 Å². The van der Waals surface area contributed by atoms with Crippen LogP contribution >= 0.6 is 12.4 Å². The molecule has 0 atom stereocenters. The molecular weight excluding hydrogens is 242 g/mol. The van der Waals surface area contributed by atoms with Crippen molar-refractivity contribution in [2.45, 2.75) is 39.3 Å². The Bertz CT molecular complexity index is 500. The third kappa shape index (κ3) is 3.47. The van der Waals surface area contributed by atoms with Gasteiger partial charge >= 0.3 is 0 Å². The maximum Gasteiger partial charge on any atom is 0.0216 e. The van der Waals surface area contributed by atoms with Gasteiger partial charge in [-0.3, -0.25) is 0 Å². The molecular formula is C16H22ClN. The minimum Gasteiger partial charge on any atom is -0.308 e. The topological polar surface area (TPSA) is 12.0 Å². The van der Waals surface area contributed by atoms with Crippen LogP contribution in [0, 0.1) is 0 Å². The van der Waals surface area contributed by atoms with Crippen LogP contribution in [0.1, 0.15) is 32.8 Å². The van der Waals surface area contributed by atoms with E-state index in [0.717, 1.165) is 13.0 Å². The summed E-state index contributed by atoms with van der Waals surface area (Å²) >= 11 is 0. The Labute approximate surface area is 116 Å². The van der Waals surface area contributed by atoms with Gasteiger partial charge in [0.05, 0.1) is 0 Å². The summed E-state index contributed by atoms with van der Waals surface area (Å²) in [6.07, 6.45) is 1.14. The van der Waals surface area contributed by atoms with Crippen LogP contribution in [0.4, 0.5) is 0 Å². The maximum absolute atomic E-state index is 3.62. The van der Waals surface area contributed by atoms with E-state index in [1.807, 2.05) is 0 Å². The molecule has 98 valence electrons. The zero-order chi connectivity index (χ0) is 12.3. The smallest absolute Gasteiger partial charge is 0.0216 e. The first kappa shape index (κ1) is 15.0. The number of hydrogen-bond acceptors (Lipinski definition) is 1. The SMILES string of the molecule is CCC(C)(C)NCc1cccc2ccccc12.Cl. The van der Waals surface area contributed by atoms with E-state index in [2.05, 4.69) is 68.6 Å². The molecule has 2 rings (SSSR count). The molecule has 2 aromatic carbocycles. The lowest BCUT2D eigenvalue weighted by molar-refractivity contribution is 0.375. The monoisotopic (exact) mass is 263 g/mol. The van der Waals surface area contributed by atoms with E-state index in [1.165, 1.54) is 16.3 Å². The third-order valence-electron chi connectivity index (χ3n) is 3.52. The van der Waals surface area contributed by atoms with Crippen molar-refractivity contribution in [3.63, 3.8) is 0 Å². The average molecular weight is 264 g/mol. The summed E-state index contributed by atoms with van der Waals surface area (Å²) in [7, 11) is 0. The maximum atomic E-state index is 3.62. The fourth-order valence-corrected chi connectivity index (χ4v) is 1.91. The van der Waals surface area contributed by atoms with Crippen molar-refractivity contribution in [2.75, 3.05) is 0 Å². The van der Waals surface area contributed by atoms with Crippen LogP contribution < -0.4 is 5.32 Å². The first-order valence-corrected chi connectivity index (χ1v) is 6.34. The lowest BCUT2D eigenvalue weighted by atomic mass is 10.00. The van der Waals surface area contributed by atoms with Crippen molar-refractivity contribution in [1.29, 1.82) is 0 Å². The van der Waals surface area contributed by atoms with Gasteiger partial charge in [0.25, 0.3) is 0 Å². The highest BCUT2D eigenvalue weighted by Gasteiger charge is 2.13. The first-order valence-electron chi connectivity index (χ1n) is 6.34. The number of nitrogens with one attached hydrogen (secondary N) is 1. The number of fused-ring (bicyclic) bond motifs is 1. The van der Waals surface area contributed by atoms with Crippen LogP contribution in [0.5, 0.6) is 0 Å². The number of benzene rings is 2. The van der Waals surface area contributed by atoms with Crippen molar-refractivity contribution in [3.05, 3.63) is 48.0 Å². The summed E-state index contributed by atoms with van der Waals surface area (Å²) in [6.45, 7) is 7.65. The standard InChI is InChI=1S/C16H21N.ClH/c1-4-16(2,3)17-12-14-10-7-9-13-8-5-6-11-15(13)14;/h5-11,17H,4,12H2,1-3H3;1H. The molecule has 18 heavy (non-hydrogen) atoms. The van der Waals surface area contributed by atoms with E-state index in [0.29, 0.717) is 0 Å². The van der Waals surface area contributed by atoms with E-state index in [4.69, 9.17) is 0 Å². The molecule has 0 amide bonds. The molecule has 2 aromatic rings. The normalized spacial score (nSPS) is 11.3. The average Bonchev–Trinajstić information content (AvgIpc) is 2.36. The quantitative estimate of drug-likeness (QED) is 0.854. The fourth-order valence-electron chi connectivity index (χ4n) is 1.91. The van der Waals surface area contributed by atoms with E-state index in [-0.39, 0.29) is 17.9 Å². The summed E-state index contributed by atoms with van der Waals surface area (Å²) in [4.78, 5) is 0. The van der Waals surface area contributed by atoms with Crippen molar-refractivity contribution < 1.29 is 0 Å². The Morgan fingerprint density at radius 2 is 1.67 bits per heavy atom. The van der Waals surface area contributed by atoms with Gasteiger partial charge in [-0.05, 0) is 36.6 Å². The van der Waals surface area contributed by atoms with Gasteiger partial charge in [0, 0.05) is 12.1 Å². The van der Waals surface area contributed by atoms with Gasteiger partial charge in [-0.15, -0.1) is 12.4 Å². The Hall–Kier alpha value is -1.05. The minimum absolute atomic E-state index is 0. The van der Waals surface area contributed by atoms with E-state index in [1.54, 1.807) is 0 Å². The van der Waals surface area contributed by atoms with Crippen LogP contribution in [-0.4, -0.2) is 5.54 Å². The highest BCUT2D eigenvalue weighted by Crippen LogP contribution is 2.19. The van der Waals surface area contributed by atoms with Gasteiger partial charge in [0.15, 0.2) is 0 Å². The van der Waals surface area contributed by atoms with E-state index in [9.17, 15) is 0 Å². The number of halogens is 1. The second-order valence-electron chi connectivity index (χ2n) is 5.23. The van der Waals surface area contributed by atoms with Crippen LogP contribution in [0.3, 0.4) is 0 Å². The molecule has 0 fully saturated rings. The molecule has 0 saturated carbocycles. The third-order valence-corrected chi connectivity index (χ3v) is 3.52. The molecule has 0 radical (unpaired) electrons. The highest BCUT2D eigenvalue weighted by molar-refractivity contribution is 5.85. The molecule has 1 nitrogen and oxygen atoms in total. The highest BCUT2D eigenvalue weighted by atomic mass is 35.5. The zero-order valence-electron chi connectivity index (χ0n) is 11.4. The minimum atomic E-state index is 0. The molecule has 0 aliphatic heterocycles. The van der Waals surface area contributed by atoms with Gasteiger partial charge in [0.1, 0.15) is 0 Å². The molecule has 1 N–H and O–H groups in total. The number of hydrogen-bond donors (Lipinski definition) is 1. The Morgan fingerprint density at radius 1 is 1.00 bits per heavy atom. The molecule has 0 heterocycles. The lowest BCUT2D eigenvalue weighted by Gasteiger charge is -2.25. The van der Waals surface area contributed by atoms with Gasteiger partial charge in [-0.25, -0.2) is 0 Å².